The van der Waals surface area contributed by atoms with Gasteiger partial charge in [-0.2, -0.15) is 0 Å². The molecule has 4 heterocycles. The van der Waals surface area contributed by atoms with Crippen molar-refractivity contribution in [3.8, 4) is 28.8 Å². The van der Waals surface area contributed by atoms with Crippen molar-refractivity contribution in [2.24, 2.45) is 7.05 Å². The highest BCUT2D eigenvalue weighted by molar-refractivity contribution is 6.30. The van der Waals surface area contributed by atoms with E-state index in [-0.39, 0.29) is 17.1 Å². The quantitative estimate of drug-likeness (QED) is 0.185. The number of piperazine rings is 1. The Morgan fingerprint density at radius 3 is 2.49 bits per heavy atom. The van der Waals surface area contributed by atoms with Crippen LogP contribution >= 0.6 is 11.6 Å². The molecule has 0 atom stereocenters. The van der Waals surface area contributed by atoms with Crippen LogP contribution in [0.3, 0.4) is 0 Å². The molecule has 3 aromatic heterocycles. The molecule has 6 rings (SSSR count). The first-order chi connectivity index (χ1) is 23.6. The third-order valence-electron chi connectivity index (χ3n) is 8.52. The fourth-order valence-electron chi connectivity index (χ4n) is 5.83. The van der Waals surface area contributed by atoms with E-state index >= 15 is 4.39 Å². The van der Waals surface area contributed by atoms with Gasteiger partial charge in [0.2, 0.25) is 0 Å². The lowest BCUT2D eigenvalue weighted by Crippen LogP contribution is -2.44. The molecule has 49 heavy (non-hydrogen) atoms. The molecule has 0 unspecified atom stereocenters. The van der Waals surface area contributed by atoms with Gasteiger partial charge in [-0.1, -0.05) is 11.6 Å². The molecule has 14 heteroatoms. The zero-order chi connectivity index (χ0) is 34.7. The van der Waals surface area contributed by atoms with Gasteiger partial charge < -0.3 is 29.3 Å². The van der Waals surface area contributed by atoms with Crippen LogP contribution in [0.25, 0.3) is 16.7 Å². The van der Waals surface area contributed by atoms with Crippen molar-refractivity contribution in [2.75, 3.05) is 58.8 Å². The van der Waals surface area contributed by atoms with Gasteiger partial charge in [0.05, 0.1) is 29.9 Å². The third kappa shape index (κ3) is 7.38. The molecule has 1 amide bonds. The summed E-state index contributed by atoms with van der Waals surface area (Å²) in [5.41, 5.74) is 0.763. The Labute approximate surface area is 287 Å². The van der Waals surface area contributed by atoms with E-state index in [4.69, 9.17) is 25.8 Å². The number of nitrogens with zero attached hydrogens (tertiary/aromatic N) is 6. The number of carbonyl (C=O) groups is 1. The molecule has 0 aliphatic carbocycles. The Bertz CT molecular complexity index is 2040. The van der Waals surface area contributed by atoms with Gasteiger partial charge in [0.25, 0.3) is 5.91 Å². The average molecular weight is 690 g/mol. The Morgan fingerprint density at radius 1 is 0.980 bits per heavy atom. The van der Waals surface area contributed by atoms with Crippen molar-refractivity contribution >= 4 is 34.1 Å². The molecule has 0 saturated carbocycles. The molecule has 1 fully saturated rings. The van der Waals surface area contributed by atoms with Crippen LogP contribution in [0, 0.1) is 12.7 Å². The second-order valence-electron chi connectivity index (χ2n) is 11.8. The number of nitrogens with one attached hydrogen (secondary N) is 1. The summed E-state index contributed by atoms with van der Waals surface area (Å²) in [4.78, 5) is 39.7. The van der Waals surface area contributed by atoms with Crippen LogP contribution in [0.15, 0.2) is 65.7 Å². The number of halogens is 2. The molecule has 1 aliphatic heterocycles. The zero-order valence-electron chi connectivity index (χ0n) is 27.7. The van der Waals surface area contributed by atoms with Crippen LogP contribution in [0.1, 0.15) is 22.6 Å². The largest absolute Gasteiger partial charge is 0.493 e. The van der Waals surface area contributed by atoms with E-state index in [0.717, 1.165) is 45.2 Å². The van der Waals surface area contributed by atoms with Crippen molar-refractivity contribution in [3.05, 3.63) is 93.6 Å². The molecular weight excluding hydrogens is 653 g/mol. The van der Waals surface area contributed by atoms with Crippen LogP contribution in [-0.2, 0) is 7.05 Å². The highest BCUT2D eigenvalue weighted by atomic mass is 35.5. The van der Waals surface area contributed by atoms with E-state index in [1.165, 1.54) is 34.5 Å². The van der Waals surface area contributed by atoms with E-state index in [0.29, 0.717) is 51.3 Å². The highest BCUT2D eigenvalue weighted by Crippen LogP contribution is 2.38. The molecular formula is C35H37ClFN7O5. The van der Waals surface area contributed by atoms with Gasteiger partial charge in [0, 0.05) is 75.4 Å². The van der Waals surface area contributed by atoms with Crippen LogP contribution in [0.2, 0.25) is 5.02 Å². The van der Waals surface area contributed by atoms with Crippen molar-refractivity contribution in [1.82, 2.24) is 28.9 Å². The molecule has 0 bridgehead atoms. The molecule has 0 radical (unpaired) electrons. The molecule has 1 N–H and O–H groups in total. The number of methoxy groups -OCH3 is 1. The number of hydrogen-bond donors (Lipinski definition) is 1. The second-order valence-corrected chi connectivity index (χ2v) is 12.3. The van der Waals surface area contributed by atoms with E-state index in [2.05, 4.69) is 32.1 Å². The monoisotopic (exact) mass is 689 g/mol. The molecule has 2 aromatic carbocycles. The molecule has 256 valence electrons. The van der Waals surface area contributed by atoms with E-state index in [1.807, 2.05) is 0 Å². The topological polar surface area (TPSA) is 116 Å². The number of benzene rings is 2. The van der Waals surface area contributed by atoms with Gasteiger partial charge in [-0.3, -0.25) is 14.3 Å². The van der Waals surface area contributed by atoms with E-state index < -0.39 is 17.4 Å². The summed E-state index contributed by atoms with van der Waals surface area (Å²) in [6.07, 6.45) is 3.87. The first-order valence-corrected chi connectivity index (χ1v) is 16.2. The number of pyridine rings is 2. The molecule has 1 saturated heterocycles. The Balaban J connectivity index is 1.15. The maximum Gasteiger partial charge on any atom is 0.334 e. The predicted molar refractivity (Wildman–Crippen MR) is 185 cm³/mol. The normalized spacial score (nSPS) is 13.8. The van der Waals surface area contributed by atoms with Gasteiger partial charge in [0.15, 0.2) is 23.1 Å². The van der Waals surface area contributed by atoms with Crippen LogP contribution < -0.4 is 25.2 Å². The van der Waals surface area contributed by atoms with Gasteiger partial charge in [-0.25, -0.2) is 18.7 Å². The molecule has 0 spiro atoms. The van der Waals surface area contributed by atoms with Crippen LogP contribution in [-0.4, -0.2) is 88.3 Å². The number of anilines is 1. The standard InChI is InChI=1S/C35H37ClFN7O5/c1-22-33(42(3)35(46)44(22)32-9-6-23(36)21-39-32)34(45)40-24-7-8-29(26(37)18-24)49-28-10-11-38-27-20-31(30(47-4)19-25(27)28)48-17-5-12-43-15-13-41(2)14-16-43/h6-11,18-21H,5,12-17H2,1-4H3,(H,40,45). The summed E-state index contributed by atoms with van der Waals surface area (Å²) in [6.45, 7) is 7.37. The first-order valence-electron chi connectivity index (χ1n) is 15.8. The van der Waals surface area contributed by atoms with Crippen LogP contribution in [0.4, 0.5) is 10.1 Å². The van der Waals surface area contributed by atoms with Crippen molar-refractivity contribution in [1.29, 1.82) is 0 Å². The number of rotatable bonds is 11. The van der Waals surface area contributed by atoms with Crippen molar-refractivity contribution < 1.29 is 23.4 Å². The minimum Gasteiger partial charge on any atom is -0.493 e. The summed E-state index contributed by atoms with van der Waals surface area (Å²) in [7, 11) is 5.18. The number of ether oxygens (including phenoxy) is 3. The Kier molecular flexibility index (Phi) is 10.1. The number of amides is 1. The number of likely N-dealkylation sites (N-methyl/N-ethyl adjacent to an activating group) is 1. The zero-order valence-corrected chi connectivity index (χ0v) is 28.5. The van der Waals surface area contributed by atoms with Crippen molar-refractivity contribution in [2.45, 2.75) is 13.3 Å². The first kappa shape index (κ1) is 33.9. The number of fused-ring (bicyclic) bond motifs is 1. The smallest absolute Gasteiger partial charge is 0.334 e. The third-order valence-corrected chi connectivity index (χ3v) is 8.74. The SMILES string of the molecule is COc1cc2c(Oc3ccc(NC(=O)c4c(C)n(-c5ccc(Cl)cn5)c(=O)n4C)cc3F)ccnc2cc1OCCCN1CCN(C)CC1. The van der Waals surface area contributed by atoms with E-state index in [9.17, 15) is 9.59 Å². The van der Waals surface area contributed by atoms with Gasteiger partial charge in [0.1, 0.15) is 17.3 Å². The van der Waals surface area contributed by atoms with Gasteiger partial charge >= 0.3 is 5.69 Å². The van der Waals surface area contributed by atoms with E-state index in [1.54, 1.807) is 50.6 Å². The second kappa shape index (κ2) is 14.6. The summed E-state index contributed by atoms with van der Waals surface area (Å²) in [5, 5.41) is 3.69. The molecule has 5 aromatic rings. The maximum absolute atomic E-state index is 15.4. The Hall–Kier alpha value is -4.98. The summed E-state index contributed by atoms with van der Waals surface area (Å²) < 4.78 is 35.6. The number of hydrogen-bond acceptors (Lipinski definition) is 9. The minimum atomic E-state index is -0.705. The number of carbonyl (C=O) groups excluding carboxylic acids is 1. The highest BCUT2D eigenvalue weighted by Gasteiger charge is 2.23. The lowest BCUT2D eigenvalue weighted by atomic mass is 10.1. The lowest BCUT2D eigenvalue weighted by Gasteiger charge is -2.32. The maximum atomic E-state index is 15.4. The minimum absolute atomic E-state index is 0.0581. The fourth-order valence-corrected chi connectivity index (χ4v) is 5.94. The van der Waals surface area contributed by atoms with Crippen molar-refractivity contribution in [3.63, 3.8) is 0 Å². The predicted octanol–water partition coefficient (Wildman–Crippen LogP) is 5.29. The summed E-state index contributed by atoms with van der Waals surface area (Å²) in [6, 6.07) is 12.5. The van der Waals surface area contributed by atoms with Gasteiger partial charge in [-0.15, -0.1) is 0 Å². The lowest BCUT2D eigenvalue weighted by molar-refractivity contribution is 0.101. The number of aromatic nitrogens is 4. The molecule has 1 aliphatic rings. The Morgan fingerprint density at radius 2 is 1.78 bits per heavy atom. The van der Waals surface area contributed by atoms with Gasteiger partial charge in [-0.05, 0) is 56.8 Å². The molecule has 12 nitrogen and oxygen atoms in total. The summed E-state index contributed by atoms with van der Waals surface area (Å²) >= 11 is 5.94. The summed E-state index contributed by atoms with van der Waals surface area (Å²) in [5.74, 6) is 0.396. The fraction of sp³-hybridized carbons (Fsp3) is 0.314. The average Bonchev–Trinajstić information content (AvgIpc) is 3.32. The van der Waals surface area contributed by atoms with Crippen LogP contribution in [0.5, 0.6) is 23.0 Å². The number of imidazole rings is 1.